The normalized spacial score (nSPS) is 14.3. The molecule has 0 amide bonds. The molecule has 1 fully saturated rings. The van der Waals surface area contributed by atoms with E-state index in [1.165, 1.54) is 56.9 Å². The molecule has 2 heteroatoms. The number of ether oxygens (including phenoxy) is 1. The van der Waals surface area contributed by atoms with Gasteiger partial charge in [0.05, 0.1) is 6.61 Å². The fraction of sp³-hybridized carbons (Fsp3) is 0.684. The first-order chi connectivity index (χ1) is 10.4. The molecule has 21 heavy (non-hydrogen) atoms. The van der Waals surface area contributed by atoms with Crippen molar-refractivity contribution in [3.8, 4) is 5.75 Å². The van der Waals surface area contributed by atoms with Gasteiger partial charge in [0.15, 0.2) is 0 Å². The van der Waals surface area contributed by atoms with E-state index in [0.29, 0.717) is 0 Å². The Morgan fingerprint density at radius 1 is 1.05 bits per heavy atom. The summed E-state index contributed by atoms with van der Waals surface area (Å²) in [7, 11) is 0. The van der Waals surface area contributed by atoms with Crippen LogP contribution in [0.25, 0.3) is 0 Å². The van der Waals surface area contributed by atoms with Gasteiger partial charge < -0.3 is 10.1 Å². The third-order valence-corrected chi connectivity index (χ3v) is 4.17. The molecule has 2 nitrogen and oxygen atoms in total. The van der Waals surface area contributed by atoms with Crippen molar-refractivity contribution < 1.29 is 4.74 Å². The van der Waals surface area contributed by atoms with Crippen LogP contribution in [0.15, 0.2) is 24.3 Å². The lowest BCUT2D eigenvalue weighted by Gasteiger charge is -2.12. The van der Waals surface area contributed by atoms with Crippen molar-refractivity contribution >= 4 is 0 Å². The van der Waals surface area contributed by atoms with E-state index >= 15 is 0 Å². The van der Waals surface area contributed by atoms with Crippen molar-refractivity contribution in [1.82, 2.24) is 5.32 Å². The van der Waals surface area contributed by atoms with Crippen molar-refractivity contribution in [2.24, 2.45) is 5.92 Å². The van der Waals surface area contributed by atoms with Crippen LogP contribution >= 0.6 is 0 Å². The molecule has 1 N–H and O–H groups in total. The summed E-state index contributed by atoms with van der Waals surface area (Å²) in [5.74, 6) is 2.00. The summed E-state index contributed by atoms with van der Waals surface area (Å²) in [6.45, 7) is 5.21. The van der Waals surface area contributed by atoms with E-state index in [4.69, 9.17) is 4.74 Å². The molecule has 118 valence electrons. The van der Waals surface area contributed by atoms with E-state index in [-0.39, 0.29) is 0 Å². The molecule has 0 saturated heterocycles. The Morgan fingerprint density at radius 3 is 2.62 bits per heavy atom. The van der Waals surface area contributed by atoms with Gasteiger partial charge in [0.1, 0.15) is 5.75 Å². The minimum Gasteiger partial charge on any atom is -0.493 e. The highest BCUT2D eigenvalue weighted by molar-refractivity contribution is 5.33. The summed E-state index contributed by atoms with van der Waals surface area (Å²) < 4.78 is 5.98. The molecule has 1 aromatic rings. The van der Waals surface area contributed by atoms with E-state index in [1.807, 2.05) is 0 Å². The molecule has 2 rings (SSSR count). The van der Waals surface area contributed by atoms with Crippen LogP contribution in [-0.4, -0.2) is 13.2 Å². The molecule has 1 aliphatic rings. The number of rotatable bonds is 12. The summed E-state index contributed by atoms with van der Waals surface area (Å²) in [5.41, 5.74) is 1.30. The Labute approximate surface area is 130 Å². The van der Waals surface area contributed by atoms with Gasteiger partial charge >= 0.3 is 0 Å². The van der Waals surface area contributed by atoms with Crippen LogP contribution in [0.5, 0.6) is 5.75 Å². The molecule has 0 heterocycles. The first kappa shape index (κ1) is 16.4. The first-order valence-corrected chi connectivity index (χ1v) is 8.81. The van der Waals surface area contributed by atoms with Gasteiger partial charge in [0.2, 0.25) is 0 Å². The molecule has 0 radical (unpaired) electrons. The summed E-state index contributed by atoms with van der Waals surface area (Å²) in [6, 6.07) is 8.45. The molecule has 0 bridgehead atoms. The van der Waals surface area contributed by atoms with Crippen LogP contribution in [-0.2, 0) is 6.54 Å². The maximum atomic E-state index is 5.98. The van der Waals surface area contributed by atoms with Gasteiger partial charge in [-0.1, -0.05) is 57.2 Å². The van der Waals surface area contributed by atoms with Crippen LogP contribution in [0.3, 0.4) is 0 Å². The summed E-state index contributed by atoms with van der Waals surface area (Å²) in [4.78, 5) is 0. The average Bonchev–Trinajstić information content (AvgIpc) is 3.32. The van der Waals surface area contributed by atoms with Crippen LogP contribution in [0.1, 0.15) is 63.9 Å². The minimum atomic E-state index is 0.853. The van der Waals surface area contributed by atoms with Gasteiger partial charge in [-0.25, -0.2) is 0 Å². The monoisotopic (exact) mass is 289 g/mol. The number of hydrogen-bond acceptors (Lipinski definition) is 2. The highest BCUT2D eigenvalue weighted by atomic mass is 16.5. The van der Waals surface area contributed by atoms with E-state index in [2.05, 4.69) is 36.5 Å². The smallest absolute Gasteiger partial charge is 0.123 e. The molecular weight excluding hydrogens is 258 g/mol. The van der Waals surface area contributed by atoms with Gasteiger partial charge in [-0.15, -0.1) is 0 Å². The zero-order chi connectivity index (χ0) is 14.8. The van der Waals surface area contributed by atoms with Crippen LogP contribution < -0.4 is 10.1 Å². The molecule has 0 aromatic heterocycles. The van der Waals surface area contributed by atoms with Crippen LogP contribution in [0.2, 0.25) is 0 Å². The van der Waals surface area contributed by atoms with Gasteiger partial charge in [-0.3, -0.25) is 0 Å². The maximum Gasteiger partial charge on any atom is 0.123 e. The molecule has 0 spiro atoms. The Morgan fingerprint density at radius 2 is 1.81 bits per heavy atom. The fourth-order valence-electron chi connectivity index (χ4n) is 2.59. The number of hydrogen-bond donors (Lipinski definition) is 1. The lowest BCUT2D eigenvalue weighted by Crippen LogP contribution is -2.16. The molecule has 1 aliphatic carbocycles. The Balaban J connectivity index is 1.61. The van der Waals surface area contributed by atoms with E-state index in [1.54, 1.807) is 0 Å². The van der Waals surface area contributed by atoms with E-state index in [0.717, 1.165) is 31.4 Å². The summed E-state index contributed by atoms with van der Waals surface area (Å²) >= 11 is 0. The predicted molar refractivity (Wildman–Crippen MR) is 89.7 cm³/mol. The average molecular weight is 289 g/mol. The predicted octanol–water partition coefficient (Wildman–Crippen LogP) is 4.93. The van der Waals surface area contributed by atoms with Gasteiger partial charge in [-0.2, -0.15) is 0 Å². The van der Waals surface area contributed by atoms with E-state index in [9.17, 15) is 0 Å². The third kappa shape index (κ3) is 6.99. The molecule has 1 saturated carbocycles. The van der Waals surface area contributed by atoms with Crippen LogP contribution in [0.4, 0.5) is 0 Å². The summed E-state index contributed by atoms with van der Waals surface area (Å²) in [6.07, 6.45) is 10.7. The Hall–Kier alpha value is -1.02. The van der Waals surface area contributed by atoms with Crippen molar-refractivity contribution in [2.75, 3.05) is 13.2 Å². The van der Waals surface area contributed by atoms with Gasteiger partial charge in [-0.05, 0) is 37.8 Å². The maximum absolute atomic E-state index is 5.98. The second kappa shape index (κ2) is 9.83. The highest BCUT2D eigenvalue weighted by Crippen LogP contribution is 2.28. The van der Waals surface area contributed by atoms with Gasteiger partial charge in [0.25, 0.3) is 0 Å². The fourth-order valence-corrected chi connectivity index (χ4v) is 2.59. The van der Waals surface area contributed by atoms with E-state index < -0.39 is 0 Å². The number of para-hydroxylation sites is 1. The lowest BCUT2D eigenvalue weighted by molar-refractivity contribution is 0.300. The quantitative estimate of drug-likeness (QED) is 0.551. The standard InChI is InChI=1S/C19H31NO/c1-2-3-4-5-6-9-14-21-19-11-8-7-10-18(19)16-20-15-17-12-13-17/h7-8,10-11,17,20H,2-6,9,12-16H2,1H3. The number of unbranched alkanes of at least 4 members (excludes halogenated alkanes) is 5. The van der Waals surface area contributed by atoms with Gasteiger partial charge in [0, 0.05) is 12.1 Å². The second-order valence-electron chi connectivity index (χ2n) is 6.30. The Kier molecular flexibility index (Phi) is 7.66. The molecule has 0 atom stereocenters. The first-order valence-electron chi connectivity index (χ1n) is 8.81. The Bertz CT molecular complexity index is 387. The minimum absolute atomic E-state index is 0.853. The third-order valence-electron chi connectivity index (χ3n) is 4.17. The van der Waals surface area contributed by atoms with Crippen molar-refractivity contribution in [1.29, 1.82) is 0 Å². The summed E-state index contributed by atoms with van der Waals surface area (Å²) in [5, 5.41) is 3.55. The molecule has 0 unspecified atom stereocenters. The SMILES string of the molecule is CCCCCCCCOc1ccccc1CNCC1CC1. The zero-order valence-corrected chi connectivity index (χ0v) is 13.6. The number of benzene rings is 1. The van der Waals surface area contributed by atoms with Crippen molar-refractivity contribution in [3.05, 3.63) is 29.8 Å². The van der Waals surface area contributed by atoms with Crippen LogP contribution in [0, 0.1) is 5.92 Å². The second-order valence-corrected chi connectivity index (χ2v) is 6.30. The topological polar surface area (TPSA) is 21.3 Å². The number of nitrogens with one attached hydrogen (secondary N) is 1. The molecule has 0 aliphatic heterocycles. The zero-order valence-electron chi connectivity index (χ0n) is 13.6. The van der Waals surface area contributed by atoms with Crippen molar-refractivity contribution in [2.45, 2.75) is 64.8 Å². The highest BCUT2D eigenvalue weighted by Gasteiger charge is 2.20. The lowest BCUT2D eigenvalue weighted by atomic mass is 10.1. The molecular formula is C19H31NO. The largest absolute Gasteiger partial charge is 0.493 e. The molecule has 1 aromatic carbocycles. The van der Waals surface area contributed by atoms with Crippen molar-refractivity contribution in [3.63, 3.8) is 0 Å².